The molecule has 2 heterocycles. The van der Waals surface area contributed by atoms with Crippen molar-refractivity contribution < 1.29 is 9.53 Å². The maximum atomic E-state index is 11.3. The molecule has 0 aromatic heterocycles. The molecule has 86 valence electrons. The normalized spacial score (nSPS) is 36.3. The molecule has 1 N–H and O–H groups in total. The number of likely N-dealkylation sites (tertiary alicyclic amines) is 1. The van der Waals surface area contributed by atoms with E-state index in [1.165, 1.54) is 7.11 Å². The van der Waals surface area contributed by atoms with Crippen LogP contribution in [0, 0.1) is 17.8 Å². The SMILES string of the molecule is COC(=O)CC1C2CNCC1CN(C)C2. The summed E-state index contributed by atoms with van der Waals surface area (Å²) in [5.41, 5.74) is 0. The van der Waals surface area contributed by atoms with Gasteiger partial charge in [0.2, 0.25) is 0 Å². The summed E-state index contributed by atoms with van der Waals surface area (Å²) < 4.78 is 4.77. The summed E-state index contributed by atoms with van der Waals surface area (Å²) in [5, 5.41) is 3.45. The molecule has 0 radical (unpaired) electrons. The van der Waals surface area contributed by atoms with Crippen LogP contribution >= 0.6 is 0 Å². The van der Waals surface area contributed by atoms with Crippen molar-refractivity contribution in [2.45, 2.75) is 6.42 Å². The quantitative estimate of drug-likeness (QED) is 0.652. The fourth-order valence-corrected chi connectivity index (χ4v) is 3.03. The van der Waals surface area contributed by atoms with Gasteiger partial charge in [-0.1, -0.05) is 0 Å². The van der Waals surface area contributed by atoms with Crippen molar-refractivity contribution in [3.8, 4) is 0 Å². The van der Waals surface area contributed by atoms with Crippen LogP contribution in [0.15, 0.2) is 0 Å². The van der Waals surface area contributed by atoms with Gasteiger partial charge >= 0.3 is 5.97 Å². The Morgan fingerprint density at radius 1 is 1.40 bits per heavy atom. The van der Waals surface area contributed by atoms with E-state index in [4.69, 9.17) is 4.74 Å². The minimum absolute atomic E-state index is 0.0542. The Bertz CT molecular complexity index is 231. The number of nitrogens with one attached hydrogen (secondary N) is 1. The molecular weight excluding hydrogens is 192 g/mol. The molecule has 4 nitrogen and oxygen atoms in total. The van der Waals surface area contributed by atoms with E-state index in [-0.39, 0.29) is 5.97 Å². The predicted octanol–water partition coefficient (Wildman–Crippen LogP) is -0.0533. The van der Waals surface area contributed by atoms with E-state index in [0.29, 0.717) is 24.2 Å². The van der Waals surface area contributed by atoms with Gasteiger partial charge in [-0.2, -0.15) is 0 Å². The van der Waals surface area contributed by atoms with Crippen LogP contribution in [-0.4, -0.2) is 51.2 Å². The van der Waals surface area contributed by atoms with Crippen LogP contribution in [0.4, 0.5) is 0 Å². The fraction of sp³-hybridized carbons (Fsp3) is 0.909. The maximum Gasteiger partial charge on any atom is 0.305 e. The van der Waals surface area contributed by atoms with Gasteiger partial charge in [0.15, 0.2) is 0 Å². The van der Waals surface area contributed by atoms with Gasteiger partial charge in [-0.05, 0) is 37.9 Å². The fourth-order valence-electron chi connectivity index (χ4n) is 3.03. The molecule has 0 aliphatic carbocycles. The molecule has 2 aliphatic heterocycles. The van der Waals surface area contributed by atoms with Gasteiger partial charge in [0, 0.05) is 19.5 Å². The van der Waals surface area contributed by atoms with Crippen molar-refractivity contribution in [2.24, 2.45) is 17.8 Å². The highest BCUT2D eigenvalue weighted by atomic mass is 16.5. The number of carbonyl (C=O) groups excluding carboxylic acids is 1. The first kappa shape index (κ1) is 10.9. The van der Waals surface area contributed by atoms with Crippen LogP contribution in [-0.2, 0) is 9.53 Å². The molecule has 0 aromatic rings. The number of methoxy groups -OCH3 is 1. The van der Waals surface area contributed by atoms with E-state index in [1.807, 2.05) is 0 Å². The minimum Gasteiger partial charge on any atom is -0.469 e. The number of fused-ring (bicyclic) bond motifs is 2. The summed E-state index contributed by atoms with van der Waals surface area (Å²) in [7, 11) is 3.64. The zero-order valence-electron chi connectivity index (χ0n) is 9.53. The molecule has 0 aromatic carbocycles. The van der Waals surface area contributed by atoms with E-state index in [9.17, 15) is 4.79 Å². The topological polar surface area (TPSA) is 41.6 Å². The van der Waals surface area contributed by atoms with E-state index in [0.717, 1.165) is 26.2 Å². The van der Waals surface area contributed by atoms with Crippen LogP contribution in [0.25, 0.3) is 0 Å². The molecule has 0 saturated carbocycles. The highest BCUT2D eigenvalue weighted by Gasteiger charge is 2.39. The summed E-state index contributed by atoms with van der Waals surface area (Å²) in [6, 6.07) is 0. The van der Waals surface area contributed by atoms with Crippen molar-refractivity contribution in [1.82, 2.24) is 10.2 Å². The average Bonchev–Trinajstić information content (AvgIpc) is 2.19. The van der Waals surface area contributed by atoms with Crippen LogP contribution in [0.1, 0.15) is 6.42 Å². The highest BCUT2D eigenvalue weighted by Crippen LogP contribution is 2.33. The first-order valence-electron chi connectivity index (χ1n) is 5.66. The number of rotatable bonds is 2. The van der Waals surface area contributed by atoms with Crippen molar-refractivity contribution in [2.75, 3.05) is 40.3 Å². The summed E-state index contributed by atoms with van der Waals surface area (Å²) in [4.78, 5) is 13.7. The molecule has 2 unspecified atom stereocenters. The molecule has 2 atom stereocenters. The Balaban J connectivity index is 2.01. The molecule has 2 bridgehead atoms. The molecule has 2 fully saturated rings. The molecule has 2 aliphatic rings. The standard InChI is InChI=1S/C11H20N2O2/c1-13-6-8-4-12-5-9(7-13)10(8)3-11(14)15-2/h8-10,12H,3-7H2,1-2H3. The van der Waals surface area contributed by atoms with Gasteiger partial charge < -0.3 is 15.0 Å². The lowest BCUT2D eigenvalue weighted by atomic mass is 9.73. The van der Waals surface area contributed by atoms with Gasteiger partial charge in [-0.15, -0.1) is 0 Å². The largest absolute Gasteiger partial charge is 0.469 e. The lowest BCUT2D eigenvalue weighted by molar-refractivity contribution is -0.143. The Kier molecular flexibility index (Phi) is 3.26. The Hall–Kier alpha value is -0.610. The lowest BCUT2D eigenvalue weighted by Gasteiger charge is -2.46. The summed E-state index contributed by atoms with van der Waals surface area (Å²) in [6.07, 6.45) is 0.599. The predicted molar refractivity (Wildman–Crippen MR) is 57.5 cm³/mol. The number of ether oxygens (including phenoxy) is 1. The first-order chi connectivity index (χ1) is 7.20. The third-order valence-electron chi connectivity index (χ3n) is 3.75. The lowest BCUT2D eigenvalue weighted by Crippen LogP contribution is -2.55. The van der Waals surface area contributed by atoms with E-state index < -0.39 is 0 Å². The second kappa shape index (κ2) is 4.49. The molecule has 15 heavy (non-hydrogen) atoms. The number of carbonyl (C=O) groups is 1. The Morgan fingerprint density at radius 2 is 2.00 bits per heavy atom. The van der Waals surface area contributed by atoms with Gasteiger partial charge in [-0.3, -0.25) is 4.79 Å². The highest BCUT2D eigenvalue weighted by molar-refractivity contribution is 5.69. The van der Waals surface area contributed by atoms with Crippen molar-refractivity contribution >= 4 is 5.97 Å². The van der Waals surface area contributed by atoms with E-state index in [2.05, 4.69) is 17.3 Å². The zero-order chi connectivity index (χ0) is 10.8. The third kappa shape index (κ3) is 2.32. The van der Waals surface area contributed by atoms with Gasteiger partial charge in [0.05, 0.1) is 7.11 Å². The number of nitrogens with zero attached hydrogens (tertiary/aromatic N) is 1. The van der Waals surface area contributed by atoms with Crippen molar-refractivity contribution in [3.63, 3.8) is 0 Å². The monoisotopic (exact) mass is 212 g/mol. The van der Waals surface area contributed by atoms with E-state index >= 15 is 0 Å². The first-order valence-corrected chi connectivity index (χ1v) is 5.66. The van der Waals surface area contributed by atoms with Crippen molar-refractivity contribution in [3.05, 3.63) is 0 Å². The zero-order valence-corrected chi connectivity index (χ0v) is 9.53. The van der Waals surface area contributed by atoms with Gasteiger partial charge in [0.25, 0.3) is 0 Å². The second-order valence-electron chi connectivity index (χ2n) is 4.84. The smallest absolute Gasteiger partial charge is 0.305 e. The average molecular weight is 212 g/mol. The number of hydrogen-bond acceptors (Lipinski definition) is 4. The van der Waals surface area contributed by atoms with Crippen molar-refractivity contribution in [1.29, 1.82) is 0 Å². The van der Waals surface area contributed by atoms with Crippen LogP contribution in [0.3, 0.4) is 0 Å². The molecule has 0 spiro atoms. The van der Waals surface area contributed by atoms with Crippen LogP contribution in [0.5, 0.6) is 0 Å². The number of hydrogen-bond donors (Lipinski definition) is 1. The van der Waals surface area contributed by atoms with Crippen LogP contribution < -0.4 is 5.32 Å². The number of esters is 1. The molecule has 4 heteroatoms. The second-order valence-corrected chi connectivity index (χ2v) is 4.84. The molecule has 2 rings (SSSR count). The van der Waals surface area contributed by atoms with Gasteiger partial charge in [-0.25, -0.2) is 0 Å². The summed E-state index contributed by atoms with van der Waals surface area (Å²) >= 11 is 0. The molecule has 0 amide bonds. The summed E-state index contributed by atoms with van der Waals surface area (Å²) in [5.74, 6) is 1.69. The molecular formula is C11H20N2O2. The maximum absolute atomic E-state index is 11.3. The minimum atomic E-state index is -0.0542. The number of piperidine rings is 2. The Morgan fingerprint density at radius 3 is 2.53 bits per heavy atom. The van der Waals surface area contributed by atoms with Crippen LogP contribution in [0.2, 0.25) is 0 Å². The Labute approximate surface area is 91.0 Å². The summed E-state index contributed by atoms with van der Waals surface area (Å²) in [6.45, 7) is 4.29. The third-order valence-corrected chi connectivity index (χ3v) is 3.75. The van der Waals surface area contributed by atoms with E-state index in [1.54, 1.807) is 0 Å². The van der Waals surface area contributed by atoms with Gasteiger partial charge in [0.1, 0.15) is 0 Å². The molecule has 2 saturated heterocycles.